The number of carbonyl (C=O) groups is 1. The van der Waals surface area contributed by atoms with E-state index in [1.165, 1.54) is 18.5 Å². The number of nitrogens with two attached hydrogens (primary N) is 1. The van der Waals surface area contributed by atoms with E-state index in [4.69, 9.17) is 5.73 Å². The van der Waals surface area contributed by atoms with Gasteiger partial charge in [0.2, 0.25) is 0 Å². The molecule has 0 atom stereocenters. The van der Waals surface area contributed by atoms with Gasteiger partial charge in [-0.3, -0.25) is 15.6 Å². The summed E-state index contributed by atoms with van der Waals surface area (Å²) in [6, 6.07) is 12.9. The number of halogens is 1. The second-order valence-corrected chi connectivity index (χ2v) is 5.56. The zero-order valence-corrected chi connectivity index (χ0v) is 14.0. The van der Waals surface area contributed by atoms with Gasteiger partial charge in [-0.25, -0.2) is 14.4 Å². The van der Waals surface area contributed by atoms with Crippen molar-refractivity contribution in [1.29, 1.82) is 0 Å². The molecular formula is C18H17FN6O. The third-order valence-corrected chi connectivity index (χ3v) is 3.60. The van der Waals surface area contributed by atoms with Gasteiger partial charge in [0.25, 0.3) is 5.91 Å². The maximum atomic E-state index is 13.0. The molecule has 132 valence electrons. The van der Waals surface area contributed by atoms with Gasteiger partial charge in [-0.1, -0.05) is 17.7 Å². The van der Waals surface area contributed by atoms with Crippen LogP contribution in [0, 0.1) is 12.7 Å². The van der Waals surface area contributed by atoms with Crippen LogP contribution in [0.2, 0.25) is 0 Å². The molecule has 0 fully saturated rings. The van der Waals surface area contributed by atoms with Gasteiger partial charge in [0, 0.05) is 11.3 Å². The Labute approximate surface area is 149 Å². The Kier molecular flexibility index (Phi) is 4.93. The summed E-state index contributed by atoms with van der Waals surface area (Å²) < 4.78 is 13.0. The zero-order chi connectivity index (χ0) is 18.5. The van der Waals surface area contributed by atoms with Crippen LogP contribution in [0.5, 0.6) is 0 Å². The summed E-state index contributed by atoms with van der Waals surface area (Å²) in [7, 11) is 0. The van der Waals surface area contributed by atoms with E-state index < -0.39 is 0 Å². The molecule has 0 aliphatic rings. The van der Waals surface area contributed by atoms with Crippen LogP contribution in [0.25, 0.3) is 0 Å². The van der Waals surface area contributed by atoms with Gasteiger partial charge in [0.15, 0.2) is 11.6 Å². The minimum Gasteiger partial charge on any atom is -0.393 e. The molecule has 0 saturated carbocycles. The van der Waals surface area contributed by atoms with Gasteiger partial charge in [-0.05, 0) is 43.3 Å². The van der Waals surface area contributed by atoms with Crippen LogP contribution in [-0.2, 0) is 0 Å². The van der Waals surface area contributed by atoms with E-state index in [0.29, 0.717) is 17.1 Å². The van der Waals surface area contributed by atoms with Gasteiger partial charge in [0.1, 0.15) is 17.8 Å². The number of nitrogen functional groups attached to an aromatic ring is 1. The number of hydrogen-bond donors (Lipinski definition) is 4. The number of rotatable bonds is 5. The fourth-order valence-corrected chi connectivity index (χ4v) is 2.16. The molecule has 5 N–H and O–H groups in total. The van der Waals surface area contributed by atoms with Gasteiger partial charge < -0.3 is 11.1 Å². The first-order chi connectivity index (χ1) is 12.5. The van der Waals surface area contributed by atoms with Crippen molar-refractivity contribution in [3.05, 3.63) is 71.8 Å². The highest BCUT2D eigenvalue weighted by Gasteiger charge is 2.10. The van der Waals surface area contributed by atoms with Crippen molar-refractivity contribution in [1.82, 2.24) is 15.4 Å². The minimum absolute atomic E-state index is 0.209. The molecule has 0 unspecified atom stereocenters. The van der Waals surface area contributed by atoms with E-state index in [0.717, 1.165) is 5.56 Å². The summed E-state index contributed by atoms with van der Waals surface area (Å²) in [4.78, 5) is 20.2. The van der Waals surface area contributed by atoms with E-state index in [1.807, 2.05) is 19.1 Å². The molecule has 0 aliphatic heterocycles. The summed E-state index contributed by atoms with van der Waals surface area (Å²) in [6.07, 6.45) is 1.29. The van der Waals surface area contributed by atoms with E-state index in [9.17, 15) is 9.18 Å². The number of hydrazine groups is 1. The number of nitrogens with one attached hydrogen (secondary N) is 3. The van der Waals surface area contributed by atoms with Crippen molar-refractivity contribution in [2.24, 2.45) is 0 Å². The van der Waals surface area contributed by atoms with Crippen molar-refractivity contribution in [2.75, 3.05) is 16.5 Å². The summed E-state index contributed by atoms with van der Waals surface area (Å²) in [5.74, 6) is -0.0906. The number of aryl methyl sites for hydroxylation is 1. The molecule has 26 heavy (non-hydrogen) atoms. The zero-order valence-electron chi connectivity index (χ0n) is 14.0. The van der Waals surface area contributed by atoms with E-state index in [1.54, 1.807) is 24.3 Å². The average molecular weight is 352 g/mol. The van der Waals surface area contributed by atoms with E-state index >= 15 is 0 Å². The predicted octanol–water partition coefficient (Wildman–Crippen LogP) is 3.01. The quantitative estimate of drug-likeness (QED) is 0.526. The molecule has 0 radical (unpaired) electrons. The second-order valence-electron chi connectivity index (χ2n) is 5.56. The molecule has 0 spiro atoms. The largest absolute Gasteiger partial charge is 0.393 e. The predicted molar refractivity (Wildman–Crippen MR) is 98.4 cm³/mol. The highest BCUT2D eigenvalue weighted by molar-refractivity contribution is 5.95. The number of aromatic nitrogens is 2. The number of carbonyl (C=O) groups excluding carboxylic acids is 1. The fraction of sp³-hybridized carbons (Fsp3) is 0.0556. The molecule has 1 aromatic heterocycles. The van der Waals surface area contributed by atoms with Crippen LogP contribution in [0.4, 0.5) is 27.4 Å². The SMILES string of the molecule is Cc1ccc(C(=O)NNc2ncnc(Nc3ccc(F)cc3)c2N)cc1. The molecular weight excluding hydrogens is 335 g/mol. The summed E-state index contributed by atoms with van der Waals surface area (Å²) in [5, 5.41) is 2.97. The van der Waals surface area contributed by atoms with Gasteiger partial charge in [0.05, 0.1) is 0 Å². The average Bonchev–Trinajstić information content (AvgIpc) is 2.64. The number of benzene rings is 2. The Morgan fingerprint density at radius 3 is 2.35 bits per heavy atom. The molecule has 0 aliphatic carbocycles. The number of nitrogens with zero attached hydrogens (tertiary/aromatic N) is 2. The summed E-state index contributed by atoms with van der Waals surface area (Å²) >= 11 is 0. The van der Waals surface area contributed by atoms with E-state index in [2.05, 4.69) is 26.1 Å². The highest BCUT2D eigenvalue weighted by Crippen LogP contribution is 2.25. The molecule has 3 rings (SSSR count). The van der Waals surface area contributed by atoms with Crippen LogP contribution in [-0.4, -0.2) is 15.9 Å². The standard InChI is InChI=1S/C18H17FN6O/c1-11-2-4-12(5-3-11)18(26)25-24-17-15(20)16(21-10-22-17)23-14-8-6-13(19)7-9-14/h2-10H,20H2,1H3,(H,25,26)(H2,21,22,23,24). The lowest BCUT2D eigenvalue weighted by Gasteiger charge is -2.13. The number of anilines is 4. The normalized spacial score (nSPS) is 10.2. The van der Waals surface area contributed by atoms with Crippen molar-refractivity contribution in [3.63, 3.8) is 0 Å². The van der Waals surface area contributed by atoms with Crippen LogP contribution < -0.4 is 21.9 Å². The molecule has 3 aromatic rings. The second kappa shape index (κ2) is 7.47. The first kappa shape index (κ1) is 17.2. The lowest BCUT2D eigenvalue weighted by atomic mass is 10.1. The Hall–Kier alpha value is -3.68. The van der Waals surface area contributed by atoms with Gasteiger partial charge in [-0.15, -0.1) is 0 Å². The molecule has 1 heterocycles. The molecule has 0 saturated heterocycles. The number of amides is 1. The van der Waals surface area contributed by atoms with Crippen molar-refractivity contribution in [3.8, 4) is 0 Å². The fourth-order valence-electron chi connectivity index (χ4n) is 2.16. The molecule has 2 aromatic carbocycles. The smallest absolute Gasteiger partial charge is 0.269 e. The molecule has 8 heteroatoms. The van der Waals surface area contributed by atoms with Crippen molar-refractivity contribution < 1.29 is 9.18 Å². The maximum Gasteiger partial charge on any atom is 0.269 e. The monoisotopic (exact) mass is 352 g/mol. The van der Waals surface area contributed by atoms with Crippen molar-refractivity contribution >= 4 is 28.9 Å². The van der Waals surface area contributed by atoms with Gasteiger partial charge >= 0.3 is 0 Å². The van der Waals surface area contributed by atoms with E-state index in [-0.39, 0.29) is 23.2 Å². The van der Waals surface area contributed by atoms with Gasteiger partial charge in [-0.2, -0.15) is 0 Å². The van der Waals surface area contributed by atoms with Crippen LogP contribution in [0.3, 0.4) is 0 Å². The Morgan fingerprint density at radius 1 is 1.00 bits per heavy atom. The molecule has 7 nitrogen and oxygen atoms in total. The number of hydrogen-bond acceptors (Lipinski definition) is 6. The third-order valence-electron chi connectivity index (χ3n) is 3.60. The Bertz CT molecular complexity index is 912. The highest BCUT2D eigenvalue weighted by atomic mass is 19.1. The molecule has 0 bridgehead atoms. The third kappa shape index (κ3) is 4.04. The Morgan fingerprint density at radius 2 is 1.65 bits per heavy atom. The van der Waals surface area contributed by atoms with Crippen LogP contribution in [0.1, 0.15) is 15.9 Å². The molecule has 1 amide bonds. The lowest BCUT2D eigenvalue weighted by molar-refractivity contribution is 0.0962. The first-order valence-electron chi connectivity index (χ1n) is 7.79. The summed E-state index contributed by atoms with van der Waals surface area (Å²) in [6.45, 7) is 1.94. The maximum absolute atomic E-state index is 13.0. The minimum atomic E-state index is -0.340. The lowest BCUT2D eigenvalue weighted by Crippen LogP contribution is -2.30. The topological polar surface area (TPSA) is 105 Å². The van der Waals surface area contributed by atoms with Crippen molar-refractivity contribution in [2.45, 2.75) is 6.92 Å². The Balaban J connectivity index is 1.69. The van der Waals surface area contributed by atoms with Crippen LogP contribution >= 0.6 is 0 Å². The van der Waals surface area contributed by atoms with Crippen LogP contribution in [0.15, 0.2) is 54.9 Å². The summed E-state index contributed by atoms with van der Waals surface area (Å²) in [5.41, 5.74) is 13.6. The first-order valence-corrected chi connectivity index (χ1v) is 7.79.